The van der Waals surface area contributed by atoms with Crippen molar-refractivity contribution in [3.8, 4) is 11.5 Å². The zero-order chi connectivity index (χ0) is 16.9. The summed E-state index contributed by atoms with van der Waals surface area (Å²) in [6.07, 6.45) is -1.25. The van der Waals surface area contributed by atoms with E-state index in [0.717, 1.165) is 5.75 Å². The molecule has 120 valence electrons. The lowest BCUT2D eigenvalue weighted by molar-refractivity contribution is 0.0747. The summed E-state index contributed by atoms with van der Waals surface area (Å²) >= 11 is 5.90. The van der Waals surface area contributed by atoms with Crippen LogP contribution < -0.4 is 4.74 Å². The van der Waals surface area contributed by atoms with Crippen LogP contribution >= 0.6 is 11.6 Å². The van der Waals surface area contributed by atoms with Crippen LogP contribution in [0.2, 0.25) is 5.02 Å². The van der Waals surface area contributed by atoms with Gasteiger partial charge in [-0.15, -0.1) is 0 Å². The highest BCUT2D eigenvalue weighted by atomic mass is 35.5. The van der Waals surface area contributed by atoms with E-state index in [2.05, 4.69) is 0 Å². The molecule has 4 heteroatoms. The molecular formula is C20H15ClO3. The molecule has 1 atom stereocenters. The van der Waals surface area contributed by atoms with Crippen molar-refractivity contribution < 1.29 is 14.6 Å². The quantitative estimate of drug-likeness (QED) is 0.662. The number of carbonyl (C=O) groups excluding carboxylic acids is 1. The maximum atomic E-state index is 12.4. The molecule has 0 aliphatic rings. The molecule has 1 unspecified atom stereocenters. The Bertz CT molecular complexity index is 829. The molecule has 1 N–H and O–H groups in total. The number of ether oxygens (including phenoxy) is 1. The molecule has 3 aromatic carbocycles. The van der Waals surface area contributed by atoms with E-state index in [9.17, 15) is 9.90 Å². The van der Waals surface area contributed by atoms with Gasteiger partial charge in [-0.05, 0) is 54.1 Å². The average molecular weight is 339 g/mol. The molecule has 0 bridgehead atoms. The van der Waals surface area contributed by atoms with Gasteiger partial charge in [-0.2, -0.15) is 0 Å². The Labute approximate surface area is 145 Å². The van der Waals surface area contributed by atoms with E-state index in [0.29, 0.717) is 21.9 Å². The number of aliphatic hydroxyl groups is 1. The molecule has 3 rings (SSSR count). The molecule has 0 saturated carbocycles. The Morgan fingerprint density at radius 1 is 0.875 bits per heavy atom. The minimum atomic E-state index is -1.25. The first-order valence-electron chi connectivity index (χ1n) is 7.44. The summed E-state index contributed by atoms with van der Waals surface area (Å²) in [5.41, 5.74) is 0.875. The fourth-order valence-corrected chi connectivity index (χ4v) is 2.50. The van der Waals surface area contributed by atoms with Crippen LogP contribution in [0.3, 0.4) is 0 Å². The van der Waals surface area contributed by atoms with Crippen LogP contribution in [0, 0.1) is 0 Å². The molecule has 3 nitrogen and oxygen atoms in total. The van der Waals surface area contributed by atoms with Crippen molar-refractivity contribution in [2.24, 2.45) is 0 Å². The van der Waals surface area contributed by atoms with Crippen LogP contribution in [-0.2, 0) is 0 Å². The van der Waals surface area contributed by atoms with E-state index in [4.69, 9.17) is 16.3 Å². The van der Waals surface area contributed by atoms with Crippen LogP contribution in [0.25, 0.3) is 0 Å². The molecular weight excluding hydrogens is 324 g/mol. The third-order valence-corrected chi connectivity index (χ3v) is 3.77. The summed E-state index contributed by atoms with van der Waals surface area (Å²) in [4.78, 5) is 12.4. The second-order valence-electron chi connectivity index (χ2n) is 5.26. The van der Waals surface area contributed by atoms with Gasteiger partial charge in [0.05, 0.1) is 0 Å². The highest BCUT2D eigenvalue weighted by molar-refractivity contribution is 6.30. The van der Waals surface area contributed by atoms with E-state index in [1.807, 2.05) is 30.3 Å². The van der Waals surface area contributed by atoms with Gasteiger partial charge in [0, 0.05) is 10.6 Å². The standard InChI is InChI=1S/C20H15ClO3/c21-16-6-4-5-15(13-16)20(23)19(22)14-9-11-18(12-10-14)24-17-7-2-1-3-8-17/h1-13,20,23H. The number of rotatable bonds is 5. The largest absolute Gasteiger partial charge is 0.457 e. The van der Waals surface area contributed by atoms with Crippen molar-refractivity contribution in [3.05, 3.63) is 95.0 Å². The van der Waals surface area contributed by atoms with E-state index in [1.54, 1.807) is 48.5 Å². The smallest absolute Gasteiger partial charge is 0.195 e. The zero-order valence-electron chi connectivity index (χ0n) is 12.7. The van der Waals surface area contributed by atoms with Crippen molar-refractivity contribution in [1.82, 2.24) is 0 Å². The molecule has 0 amide bonds. The number of Topliss-reactive ketones (excluding diaryl/α,β-unsaturated/α-hetero) is 1. The summed E-state index contributed by atoms with van der Waals surface area (Å²) in [6, 6.07) is 22.7. The fraction of sp³-hybridized carbons (Fsp3) is 0.0500. The second-order valence-corrected chi connectivity index (χ2v) is 5.70. The Morgan fingerprint density at radius 2 is 1.54 bits per heavy atom. The van der Waals surface area contributed by atoms with Crippen LogP contribution in [0.15, 0.2) is 78.9 Å². The first-order chi connectivity index (χ1) is 11.6. The van der Waals surface area contributed by atoms with Crippen molar-refractivity contribution in [1.29, 1.82) is 0 Å². The predicted octanol–water partition coefficient (Wildman–Crippen LogP) is 5.05. The maximum Gasteiger partial charge on any atom is 0.195 e. The third kappa shape index (κ3) is 3.82. The van der Waals surface area contributed by atoms with Crippen LogP contribution in [0.5, 0.6) is 11.5 Å². The van der Waals surface area contributed by atoms with Crippen molar-refractivity contribution in [2.75, 3.05) is 0 Å². The number of benzene rings is 3. The first-order valence-corrected chi connectivity index (χ1v) is 7.82. The lowest BCUT2D eigenvalue weighted by Crippen LogP contribution is -2.12. The van der Waals surface area contributed by atoms with Crippen LogP contribution in [0.1, 0.15) is 22.0 Å². The van der Waals surface area contributed by atoms with Crippen molar-refractivity contribution >= 4 is 17.4 Å². The predicted molar refractivity (Wildman–Crippen MR) is 93.7 cm³/mol. The number of aliphatic hydroxyl groups excluding tert-OH is 1. The second kappa shape index (κ2) is 7.30. The number of para-hydroxylation sites is 1. The normalized spacial score (nSPS) is 11.8. The number of hydrogen-bond acceptors (Lipinski definition) is 3. The Kier molecular flexibility index (Phi) is 4.94. The summed E-state index contributed by atoms with van der Waals surface area (Å²) in [6.45, 7) is 0. The summed E-state index contributed by atoms with van der Waals surface area (Å²) in [5.74, 6) is 0.953. The lowest BCUT2D eigenvalue weighted by Gasteiger charge is -2.11. The maximum absolute atomic E-state index is 12.4. The van der Waals surface area contributed by atoms with E-state index >= 15 is 0 Å². The van der Waals surface area contributed by atoms with Gasteiger partial charge >= 0.3 is 0 Å². The molecule has 0 aliphatic heterocycles. The van der Waals surface area contributed by atoms with Crippen molar-refractivity contribution in [3.63, 3.8) is 0 Å². The molecule has 0 fully saturated rings. The first kappa shape index (κ1) is 16.2. The molecule has 0 heterocycles. The van der Waals surface area contributed by atoms with E-state index < -0.39 is 6.10 Å². The van der Waals surface area contributed by atoms with Gasteiger partial charge in [0.1, 0.15) is 17.6 Å². The highest BCUT2D eigenvalue weighted by Gasteiger charge is 2.19. The van der Waals surface area contributed by atoms with Gasteiger partial charge in [0.25, 0.3) is 0 Å². The van der Waals surface area contributed by atoms with Gasteiger partial charge in [-0.1, -0.05) is 41.9 Å². The Balaban J connectivity index is 1.74. The molecule has 24 heavy (non-hydrogen) atoms. The SMILES string of the molecule is O=C(c1ccc(Oc2ccccc2)cc1)C(O)c1cccc(Cl)c1. The fourth-order valence-electron chi connectivity index (χ4n) is 2.30. The van der Waals surface area contributed by atoms with E-state index in [1.165, 1.54) is 0 Å². The molecule has 0 spiro atoms. The molecule has 0 aromatic heterocycles. The lowest BCUT2D eigenvalue weighted by atomic mass is 10.00. The highest BCUT2D eigenvalue weighted by Crippen LogP contribution is 2.24. The Morgan fingerprint density at radius 3 is 2.21 bits per heavy atom. The summed E-state index contributed by atoms with van der Waals surface area (Å²) in [7, 11) is 0. The zero-order valence-corrected chi connectivity index (χ0v) is 13.5. The van der Waals surface area contributed by atoms with Gasteiger partial charge in [-0.3, -0.25) is 4.79 Å². The topological polar surface area (TPSA) is 46.5 Å². The van der Waals surface area contributed by atoms with Gasteiger partial charge < -0.3 is 9.84 Å². The summed E-state index contributed by atoms with van der Waals surface area (Å²) in [5, 5.41) is 10.7. The van der Waals surface area contributed by atoms with E-state index in [-0.39, 0.29) is 5.78 Å². The monoisotopic (exact) mass is 338 g/mol. The minimum absolute atomic E-state index is 0.386. The molecule has 0 saturated heterocycles. The minimum Gasteiger partial charge on any atom is -0.457 e. The van der Waals surface area contributed by atoms with Crippen molar-refractivity contribution in [2.45, 2.75) is 6.10 Å². The summed E-state index contributed by atoms with van der Waals surface area (Å²) < 4.78 is 5.68. The Hall–Kier alpha value is -2.62. The van der Waals surface area contributed by atoms with Crippen LogP contribution in [-0.4, -0.2) is 10.9 Å². The number of hydrogen-bond donors (Lipinski definition) is 1. The van der Waals surface area contributed by atoms with Gasteiger partial charge in [0.2, 0.25) is 0 Å². The van der Waals surface area contributed by atoms with Gasteiger partial charge in [0.15, 0.2) is 5.78 Å². The molecule has 0 radical (unpaired) electrons. The van der Waals surface area contributed by atoms with Gasteiger partial charge in [-0.25, -0.2) is 0 Å². The molecule has 3 aromatic rings. The third-order valence-electron chi connectivity index (χ3n) is 3.53. The average Bonchev–Trinajstić information content (AvgIpc) is 2.62. The number of ketones is 1. The number of carbonyl (C=O) groups is 1. The molecule has 0 aliphatic carbocycles. The number of halogens is 1. The van der Waals surface area contributed by atoms with Crippen LogP contribution in [0.4, 0.5) is 0 Å².